The molecule has 0 saturated carbocycles. The quantitative estimate of drug-likeness (QED) is 0.430. The van der Waals surface area contributed by atoms with E-state index in [1.54, 1.807) is 0 Å². The van der Waals surface area contributed by atoms with Gasteiger partial charge in [0.1, 0.15) is 6.26 Å². The summed E-state index contributed by atoms with van der Waals surface area (Å²) in [6, 6.07) is 0. The molecule has 3 nitrogen and oxygen atoms in total. The number of carbonyl (C=O) groups excluding carboxylic acids is 1. The molecular formula is C4H3FO3. The summed E-state index contributed by atoms with van der Waals surface area (Å²) >= 11 is 0. The third-order valence-corrected chi connectivity index (χ3v) is 0.640. The first kappa shape index (κ1) is 5.08. The van der Waals surface area contributed by atoms with Crippen molar-refractivity contribution in [3.8, 4) is 0 Å². The van der Waals surface area contributed by atoms with Crippen molar-refractivity contribution >= 4 is 5.97 Å². The number of hydrogen-bond acceptors (Lipinski definition) is 3. The van der Waals surface area contributed by atoms with Crippen LogP contribution in [0.5, 0.6) is 0 Å². The van der Waals surface area contributed by atoms with Crippen LogP contribution in [0.2, 0.25) is 0 Å². The average Bonchev–Trinajstić information content (AvgIpc) is 1.77. The zero-order valence-corrected chi connectivity index (χ0v) is 3.89. The molecular weight excluding hydrogens is 115 g/mol. The normalized spacial score (nSPS) is 18.6. The van der Waals surface area contributed by atoms with Crippen molar-refractivity contribution in [1.29, 1.82) is 0 Å². The summed E-state index contributed by atoms with van der Waals surface area (Å²) in [6.07, 6.45) is 0.728. The Labute approximate surface area is 44.7 Å². The van der Waals surface area contributed by atoms with E-state index in [0.717, 1.165) is 6.26 Å². The maximum absolute atomic E-state index is 11.8. The fourth-order valence-corrected chi connectivity index (χ4v) is 0.312. The molecule has 0 saturated heterocycles. The molecule has 0 fully saturated rings. The number of cyclic esters (lactones) is 1. The van der Waals surface area contributed by atoms with Gasteiger partial charge < -0.3 is 9.47 Å². The highest BCUT2D eigenvalue weighted by atomic mass is 19.1. The smallest absolute Gasteiger partial charge is 0.373 e. The van der Waals surface area contributed by atoms with E-state index in [1.165, 1.54) is 0 Å². The van der Waals surface area contributed by atoms with Gasteiger partial charge in [0, 0.05) is 0 Å². The minimum absolute atomic E-state index is 0.188. The van der Waals surface area contributed by atoms with E-state index in [4.69, 9.17) is 0 Å². The van der Waals surface area contributed by atoms with Crippen molar-refractivity contribution in [3.05, 3.63) is 12.1 Å². The topological polar surface area (TPSA) is 35.5 Å². The van der Waals surface area contributed by atoms with E-state index in [-0.39, 0.29) is 6.79 Å². The van der Waals surface area contributed by atoms with Gasteiger partial charge in [0.2, 0.25) is 12.6 Å². The van der Waals surface area contributed by atoms with Gasteiger partial charge in [-0.25, -0.2) is 4.79 Å². The summed E-state index contributed by atoms with van der Waals surface area (Å²) < 4.78 is 20.2. The number of ether oxygens (including phenoxy) is 2. The van der Waals surface area contributed by atoms with Crippen molar-refractivity contribution in [2.45, 2.75) is 0 Å². The molecule has 0 amide bonds. The molecule has 0 unspecified atom stereocenters. The van der Waals surface area contributed by atoms with Gasteiger partial charge >= 0.3 is 5.97 Å². The molecule has 1 aliphatic rings. The Morgan fingerprint density at radius 1 is 1.75 bits per heavy atom. The number of esters is 1. The second-order valence-corrected chi connectivity index (χ2v) is 1.18. The van der Waals surface area contributed by atoms with E-state index >= 15 is 0 Å². The molecule has 0 radical (unpaired) electrons. The summed E-state index contributed by atoms with van der Waals surface area (Å²) in [4.78, 5) is 10.0. The first-order valence-corrected chi connectivity index (χ1v) is 1.95. The molecule has 0 aromatic heterocycles. The molecule has 1 aliphatic heterocycles. The Hall–Kier alpha value is -1.06. The van der Waals surface area contributed by atoms with Crippen LogP contribution in [0.15, 0.2) is 12.1 Å². The highest BCUT2D eigenvalue weighted by Gasteiger charge is 2.14. The van der Waals surface area contributed by atoms with Crippen LogP contribution in [0.4, 0.5) is 4.39 Å². The van der Waals surface area contributed by atoms with E-state index in [9.17, 15) is 9.18 Å². The number of halogens is 1. The van der Waals surface area contributed by atoms with Crippen LogP contribution in [0.25, 0.3) is 0 Å². The maximum Gasteiger partial charge on any atom is 0.373 e. The average molecular weight is 118 g/mol. The zero-order chi connectivity index (χ0) is 5.98. The van der Waals surface area contributed by atoms with Gasteiger partial charge in [-0.15, -0.1) is 0 Å². The van der Waals surface area contributed by atoms with E-state index in [0.29, 0.717) is 0 Å². The SMILES string of the molecule is O=C1OCOC=C1F. The third kappa shape index (κ3) is 0.776. The summed E-state index contributed by atoms with van der Waals surface area (Å²) in [7, 11) is 0. The summed E-state index contributed by atoms with van der Waals surface area (Å²) in [5.41, 5.74) is 0. The molecule has 1 heterocycles. The molecule has 0 aromatic rings. The van der Waals surface area contributed by atoms with Gasteiger partial charge in [-0.1, -0.05) is 0 Å². The number of hydrogen-bond donors (Lipinski definition) is 0. The van der Waals surface area contributed by atoms with Crippen LogP contribution >= 0.6 is 0 Å². The minimum Gasteiger partial charge on any atom is -0.462 e. The maximum atomic E-state index is 11.8. The lowest BCUT2D eigenvalue weighted by molar-refractivity contribution is -0.153. The van der Waals surface area contributed by atoms with Gasteiger partial charge in [-0.05, 0) is 0 Å². The molecule has 4 heteroatoms. The van der Waals surface area contributed by atoms with Crippen molar-refractivity contribution < 1.29 is 18.7 Å². The van der Waals surface area contributed by atoms with Gasteiger partial charge in [-0.2, -0.15) is 4.39 Å². The summed E-state index contributed by atoms with van der Waals surface area (Å²) in [5, 5.41) is 0. The largest absolute Gasteiger partial charge is 0.462 e. The first-order chi connectivity index (χ1) is 3.80. The van der Waals surface area contributed by atoms with Crippen LogP contribution in [0.3, 0.4) is 0 Å². The molecule has 0 bridgehead atoms. The monoisotopic (exact) mass is 118 g/mol. The van der Waals surface area contributed by atoms with Crippen molar-refractivity contribution in [3.63, 3.8) is 0 Å². The lowest BCUT2D eigenvalue weighted by atomic mass is 10.6. The molecule has 8 heavy (non-hydrogen) atoms. The minimum atomic E-state index is -0.990. The highest BCUT2D eigenvalue weighted by Crippen LogP contribution is 2.04. The summed E-state index contributed by atoms with van der Waals surface area (Å²) in [6.45, 7) is -0.188. The fourth-order valence-electron chi connectivity index (χ4n) is 0.312. The van der Waals surface area contributed by atoms with Crippen molar-refractivity contribution in [2.75, 3.05) is 6.79 Å². The molecule has 0 aromatic carbocycles. The molecule has 44 valence electrons. The van der Waals surface area contributed by atoms with Crippen LogP contribution < -0.4 is 0 Å². The van der Waals surface area contributed by atoms with Crippen LogP contribution in [-0.2, 0) is 14.3 Å². The van der Waals surface area contributed by atoms with Gasteiger partial charge in [0.15, 0.2) is 0 Å². The Morgan fingerprint density at radius 3 is 2.88 bits per heavy atom. The zero-order valence-electron chi connectivity index (χ0n) is 3.89. The number of rotatable bonds is 0. The second-order valence-electron chi connectivity index (χ2n) is 1.18. The van der Waals surface area contributed by atoms with Crippen LogP contribution in [0, 0.1) is 0 Å². The molecule has 0 atom stereocenters. The molecule has 0 spiro atoms. The van der Waals surface area contributed by atoms with Crippen molar-refractivity contribution in [2.24, 2.45) is 0 Å². The van der Waals surface area contributed by atoms with E-state index < -0.39 is 11.8 Å². The van der Waals surface area contributed by atoms with E-state index in [2.05, 4.69) is 9.47 Å². The Balaban J connectivity index is 2.67. The molecule has 0 N–H and O–H groups in total. The first-order valence-electron chi connectivity index (χ1n) is 1.95. The number of carbonyl (C=O) groups is 1. The highest BCUT2D eigenvalue weighted by molar-refractivity contribution is 5.85. The van der Waals surface area contributed by atoms with Crippen LogP contribution in [-0.4, -0.2) is 12.8 Å². The van der Waals surface area contributed by atoms with Gasteiger partial charge in [0.05, 0.1) is 0 Å². The lowest BCUT2D eigenvalue weighted by Crippen LogP contribution is -2.12. The predicted octanol–water partition coefficient (Wildman–Crippen LogP) is 0.328. The van der Waals surface area contributed by atoms with Crippen LogP contribution in [0.1, 0.15) is 0 Å². The predicted molar refractivity (Wildman–Crippen MR) is 21.2 cm³/mol. The van der Waals surface area contributed by atoms with Gasteiger partial charge in [-0.3, -0.25) is 0 Å². The second kappa shape index (κ2) is 1.81. The standard InChI is InChI=1S/C4H3FO3/c5-3-1-7-2-8-4(3)6/h1H,2H2. The Kier molecular flexibility index (Phi) is 1.15. The third-order valence-electron chi connectivity index (χ3n) is 0.640. The van der Waals surface area contributed by atoms with Gasteiger partial charge in [0.25, 0.3) is 0 Å². The van der Waals surface area contributed by atoms with Crippen molar-refractivity contribution in [1.82, 2.24) is 0 Å². The van der Waals surface area contributed by atoms with E-state index in [1.807, 2.05) is 0 Å². The molecule has 0 aliphatic carbocycles. The Morgan fingerprint density at radius 2 is 2.50 bits per heavy atom. The fraction of sp³-hybridized carbons (Fsp3) is 0.250. The summed E-state index contributed by atoms with van der Waals surface area (Å²) in [5.74, 6) is -1.95. The Bertz CT molecular complexity index is 140. The molecule has 1 rings (SSSR count). The lowest BCUT2D eigenvalue weighted by Gasteiger charge is -2.06.